The van der Waals surface area contributed by atoms with Gasteiger partial charge in [0.1, 0.15) is 29.5 Å². The second kappa shape index (κ2) is 16.5. The van der Waals surface area contributed by atoms with E-state index in [9.17, 15) is 21.6 Å². The van der Waals surface area contributed by atoms with E-state index in [1.165, 1.54) is 35.4 Å². The minimum atomic E-state index is -3.77. The average molecular weight is 823 g/mol. The van der Waals surface area contributed by atoms with Gasteiger partial charge in [0, 0.05) is 16.7 Å². The van der Waals surface area contributed by atoms with E-state index >= 15 is 0 Å². The van der Waals surface area contributed by atoms with E-state index in [1.54, 1.807) is 109 Å². The predicted molar refractivity (Wildman–Crippen MR) is 230 cm³/mol. The third-order valence-electron chi connectivity index (χ3n) is 9.68. The number of carbonyl (C=O) groups excluding carboxylic acids is 1. The monoisotopic (exact) mass is 822 g/mol. The van der Waals surface area contributed by atoms with Gasteiger partial charge in [-0.25, -0.2) is 16.8 Å². The minimum Gasteiger partial charge on any atom is -0.457 e. The van der Waals surface area contributed by atoms with Gasteiger partial charge in [0.15, 0.2) is 5.78 Å². The van der Waals surface area contributed by atoms with Gasteiger partial charge in [-0.2, -0.15) is 0 Å². The molecule has 8 nitrogen and oxygen atoms in total. The molecule has 0 amide bonds. The van der Waals surface area contributed by atoms with Crippen molar-refractivity contribution in [2.24, 2.45) is 0 Å². The third-order valence-corrected chi connectivity index (χ3v) is 13.3. The number of aryl methyl sites for hydroxylation is 2. The summed E-state index contributed by atoms with van der Waals surface area (Å²) in [5.41, 5.74) is 6.32. The van der Waals surface area contributed by atoms with Crippen molar-refractivity contribution in [2.75, 3.05) is 21.1 Å². The zero-order valence-electron chi connectivity index (χ0n) is 33.4. The molecule has 0 N–H and O–H groups in total. The van der Waals surface area contributed by atoms with Crippen molar-refractivity contribution in [1.82, 2.24) is 0 Å². The highest BCUT2D eigenvalue weighted by Crippen LogP contribution is 2.32. The Bertz CT molecular complexity index is 2830. The number of hydrogen-bond donors (Lipinski definition) is 0. The molecule has 0 atom stereocenters. The number of rotatable bonds is 13. The Morgan fingerprint density at radius 2 is 0.797 bits per heavy atom. The van der Waals surface area contributed by atoms with Crippen molar-refractivity contribution >= 4 is 25.5 Å². The summed E-state index contributed by atoms with van der Waals surface area (Å²) >= 11 is 0. The van der Waals surface area contributed by atoms with E-state index in [4.69, 9.17) is 9.47 Å². The van der Waals surface area contributed by atoms with Crippen LogP contribution < -0.4 is 9.47 Å². The molecule has 7 aromatic carbocycles. The lowest BCUT2D eigenvalue weighted by atomic mass is 9.97. The van der Waals surface area contributed by atoms with Gasteiger partial charge in [-0.05, 0) is 152 Å². The zero-order chi connectivity index (χ0) is 42.0. The third kappa shape index (κ3) is 9.53. The molecule has 59 heavy (non-hydrogen) atoms. The van der Waals surface area contributed by atoms with Gasteiger partial charge in [0.25, 0.3) is 0 Å². The molecule has 0 aliphatic rings. The molecule has 0 aliphatic heterocycles. The molecular weight excluding hydrogens is 779 g/mol. The lowest BCUT2D eigenvalue weighted by Crippen LogP contribution is -2.33. The average Bonchev–Trinajstić information content (AvgIpc) is 3.21. The van der Waals surface area contributed by atoms with Crippen LogP contribution in [-0.2, 0) is 26.2 Å². The molecule has 0 spiro atoms. The normalized spacial score (nSPS) is 11.9. The largest absolute Gasteiger partial charge is 0.457 e. The molecular formula is C49H44NO7S2+. The number of carbonyl (C=O) groups is 1. The quantitative estimate of drug-likeness (QED) is 0.0842. The van der Waals surface area contributed by atoms with Crippen LogP contribution in [0.4, 0.5) is 0 Å². The molecule has 0 unspecified atom stereocenters. The van der Waals surface area contributed by atoms with Crippen molar-refractivity contribution in [3.63, 3.8) is 0 Å². The second-order valence-electron chi connectivity index (χ2n) is 15.5. The van der Waals surface area contributed by atoms with Gasteiger partial charge in [-0.3, -0.25) is 4.79 Å². The topological polar surface area (TPSA) is 104 Å². The van der Waals surface area contributed by atoms with Crippen molar-refractivity contribution < 1.29 is 35.6 Å². The fraction of sp³-hybridized carbons (Fsp3) is 0.122. The zero-order valence-corrected chi connectivity index (χ0v) is 35.1. The molecule has 0 heterocycles. The number of ketones is 1. The summed E-state index contributed by atoms with van der Waals surface area (Å²) < 4.78 is 65.8. The van der Waals surface area contributed by atoms with Crippen LogP contribution in [-0.4, -0.2) is 48.2 Å². The van der Waals surface area contributed by atoms with Crippen LogP contribution in [0.3, 0.4) is 0 Å². The Morgan fingerprint density at radius 3 is 1.19 bits per heavy atom. The van der Waals surface area contributed by atoms with Crippen molar-refractivity contribution in [3.8, 4) is 34.1 Å². The van der Waals surface area contributed by atoms with Crippen LogP contribution in [0.2, 0.25) is 0 Å². The molecule has 0 aliphatic carbocycles. The number of benzene rings is 7. The highest BCUT2D eigenvalue weighted by atomic mass is 32.2. The molecule has 0 aromatic heterocycles. The molecule has 10 heteroatoms. The van der Waals surface area contributed by atoms with Crippen LogP contribution in [0.15, 0.2) is 183 Å². The van der Waals surface area contributed by atoms with E-state index < -0.39 is 19.7 Å². The Labute approximate surface area is 346 Å². The minimum absolute atomic E-state index is 0.151. The standard InChI is InChI=1S/C49H44NO7S2/c1-34-6-23-44(24-7-34)58(52,53)46-27-19-42(20-28-46)56-40-15-9-37(10-16-40)49(51)38-11-17-41(18-12-38)57-43-21-29-47(30-22-43)59(54,55)45-25-13-36(14-26-45)48-31-8-35(2)32-39(48)33-50(3,4)5/h6-32H,33H2,1-5H3/q+1. The van der Waals surface area contributed by atoms with Crippen molar-refractivity contribution in [2.45, 2.75) is 40.0 Å². The lowest BCUT2D eigenvalue weighted by Gasteiger charge is -2.25. The van der Waals surface area contributed by atoms with Gasteiger partial charge in [-0.15, -0.1) is 0 Å². The van der Waals surface area contributed by atoms with Gasteiger partial charge in [0.05, 0.1) is 40.7 Å². The number of sulfone groups is 2. The Morgan fingerprint density at radius 1 is 0.458 bits per heavy atom. The number of hydrogen-bond acceptors (Lipinski definition) is 7. The first-order valence-electron chi connectivity index (χ1n) is 18.9. The van der Waals surface area contributed by atoms with E-state index in [1.807, 2.05) is 19.1 Å². The highest BCUT2D eigenvalue weighted by molar-refractivity contribution is 7.91. The SMILES string of the molecule is Cc1ccc(S(=O)(=O)c2ccc(Oc3ccc(C(=O)c4ccc(Oc5ccc(S(=O)(=O)c6ccc(-c7ccc(C)cc7C[N+](C)(C)C)cc6)cc5)cc4)cc3)cc2)cc1. The maximum Gasteiger partial charge on any atom is 0.206 e. The first kappa shape index (κ1) is 40.9. The summed E-state index contributed by atoms with van der Waals surface area (Å²) in [7, 11) is -0.990. The molecule has 0 bridgehead atoms. The van der Waals surface area contributed by atoms with E-state index in [0.717, 1.165) is 27.7 Å². The van der Waals surface area contributed by atoms with Crippen molar-refractivity contribution in [3.05, 3.63) is 192 Å². The van der Waals surface area contributed by atoms with Gasteiger partial charge >= 0.3 is 0 Å². The van der Waals surface area contributed by atoms with E-state index in [0.29, 0.717) is 34.1 Å². The number of ether oxygens (including phenoxy) is 2. The number of nitrogens with zero attached hydrogens (tertiary/aromatic N) is 1. The van der Waals surface area contributed by atoms with Crippen molar-refractivity contribution in [1.29, 1.82) is 0 Å². The number of quaternary nitrogens is 1. The van der Waals surface area contributed by atoms with Gasteiger partial charge in [0.2, 0.25) is 19.7 Å². The predicted octanol–water partition coefficient (Wildman–Crippen LogP) is 10.7. The Hall–Kier alpha value is -6.33. The summed E-state index contributed by atoms with van der Waals surface area (Å²) in [4.78, 5) is 14.0. The maximum absolute atomic E-state index is 13.6. The maximum atomic E-state index is 13.6. The highest BCUT2D eigenvalue weighted by Gasteiger charge is 2.20. The second-order valence-corrected chi connectivity index (χ2v) is 19.4. The molecule has 0 saturated heterocycles. The van der Waals surface area contributed by atoms with E-state index in [2.05, 4.69) is 46.3 Å². The summed E-state index contributed by atoms with van der Waals surface area (Å²) in [6, 6.07) is 45.9. The summed E-state index contributed by atoms with van der Waals surface area (Å²) in [6.45, 7) is 4.81. The summed E-state index contributed by atoms with van der Waals surface area (Å²) in [5, 5.41) is 0. The first-order chi connectivity index (χ1) is 28.0. The molecule has 7 rings (SSSR count). The van der Waals surface area contributed by atoms with Crippen LogP contribution >= 0.6 is 0 Å². The Kier molecular flexibility index (Phi) is 11.4. The molecule has 298 valence electrons. The summed E-state index contributed by atoms with van der Waals surface area (Å²) in [5.74, 6) is 1.67. The lowest BCUT2D eigenvalue weighted by molar-refractivity contribution is -0.883. The molecule has 0 radical (unpaired) electrons. The smallest absolute Gasteiger partial charge is 0.206 e. The first-order valence-corrected chi connectivity index (χ1v) is 21.9. The Balaban J connectivity index is 0.955. The van der Waals surface area contributed by atoms with Crippen LogP contribution in [0, 0.1) is 13.8 Å². The van der Waals surface area contributed by atoms with Crippen LogP contribution in [0.25, 0.3) is 11.1 Å². The molecule has 0 saturated carbocycles. The van der Waals surface area contributed by atoms with Gasteiger partial charge in [-0.1, -0.05) is 47.5 Å². The molecule has 7 aromatic rings. The van der Waals surface area contributed by atoms with Gasteiger partial charge < -0.3 is 14.0 Å². The van der Waals surface area contributed by atoms with Crippen LogP contribution in [0.1, 0.15) is 32.6 Å². The summed E-state index contributed by atoms with van der Waals surface area (Å²) in [6.07, 6.45) is 0. The molecule has 0 fully saturated rings. The van der Waals surface area contributed by atoms with Crippen LogP contribution in [0.5, 0.6) is 23.0 Å². The fourth-order valence-electron chi connectivity index (χ4n) is 6.61. The fourth-order valence-corrected chi connectivity index (χ4v) is 9.13. The van der Waals surface area contributed by atoms with E-state index in [-0.39, 0.29) is 25.4 Å².